The number of hydrogen-bond acceptors (Lipinski definition) is 9. The number of carbonyl (C=O) groups is 3. The minimum atomic E-state index is -1.39. The Morgan fingerprint density at radius 2 is 1.39 bits per heavy atom. The summed E-state index contributed by atoms with van der Waals surface area (Å²) in [5.41, 5.74) is 0.981. The molecular formula is C44H46ClF2N7O8. The van der Waals surface area contributed by atoms with Gasteiger partial charge in [-0.1, -0.05) is 67.9 Å². The van der Waals surface area contributed by atoms with Crippen LogP contribution in [0.1, 0.15) is 87.1 Å². The molecule has 18 heteroatoms. The maximum absolute atomic E-state index is 16.3. The molecule has 4 aromatic rings. The van der Waals surface area contributed by atoms with Gasteiger partial charge in [0.05, 0.1) is 21.9 Å². The van der Waals surface area contributed by atoms with E-state index in [4.69, 9.17) is 11.6 Å². The van der Waals surface area contributed by atoms with E-state index in [1.54, 1.807) is 35.8 Å². The molecule has 0 saturated carbocycles. The molecule has 0 unspecified atom stereocenters. The molecule has 0 radical (unpaired) electrons. The summed E-state index contributed by atoms with van der Waals surface area (Å²) in [6.45, 7) is 4.38. The van der Waals surface area contributed by atoms with Gasteiger partial charge in [-0.2, -0.15) is 0 Å². The number of nitro groups is 2. The highest BCUT2D eigenvalue weighted by molar-refractivity contribution is 6.32. The van der Waals surface area contributed by atoms with E-state index in [1.165, 1.54) is 46.9 Å². The van der Waals surface area contributed by atoms with Crippen molar-refractivity contribution in [1.29, 1.82) is 0 Å². The number of nitro benzene ring substituents is 2. The number of anilines is 3. The molecule has 0 aliphatic carbocycles. The predicted octanol–water partition coefficient (Wildman–Crippen LogP) is 9.12. The zero-order valence-electron chi connectivity index (χ0n) is 34.0. The van der Waals surface area contributed by atoms with Crippen LogP contribution in [0, 0.1) is 37.8 Å². The van der Waals surface area contributed by atoms with E-state index in [1.807, 2.05) is 30.3 Å². The lowest BCUT2D eigenvalue weighted by atomic mass is 9.89. The molecule has 7 rings (SSSR count). The van der Waals surface area contributed by atoms with Crippen molar-refractivity contribution in [2.45, 2.75) is 82.5 Å². The van der Waals surface area contributed by atoms with Crippen LogP contribution in [0.4, 0.5) is 42.0 Å². The number of halogens is 3. The number of rotatable bonds is 12. The Bertz CT molecular complexity index is 2360. The molecule has 4 aromatic carbocycles. The van der Waals surface area contributed by atoms with Gasteiger partial charge in [0.1, 0.15) is 28.5 Å². The second-order valence-electron chi connectivity index (χ2n) is 16.3. The minimum Gasteiger partial charge on any atom is -0.465 e. The van der Waals surface area contributed by atoms with Crippen molar-refractivity contribution in [3.05, 3.63) is 132 Å². The highest BCUT2D eigenvalue weighted by Crippen LogP contribution is 2.50. The predicted molar refractivity (Wildman–Crippen MR) is 229 cm³/mol. The van der Waals surface area contributed by atoms with Crippen LogP contribution in [0.5, 0.6) is 0 Å². The largest absolute Gasteiger partial charge is 0.465 e. The third-order valence-corrected chi connectivity index (χ3v) is 12.5. The van der Waals surface area contributed by atoms with Gasteiger partial charge in [-0.05, 0) is 91.3 Å². The van der Waals surface area contributed by atoms with Crippen LogP contribution >= 0.6 is 11.6 Å². The van der Waals surface area contributed by atoms with Crippen LogP contribution in [0.15, 0.2) is 78.9 Å². The van der Waals surface area contributed by atoms with E-state index in [2.05, 4.69) is 10.6 Å². The van der Waals surface area contributed by atoms with Gasteiger partial charge in [0.15, 0.2) is 11.6 Å². The summed E-state index contributed by atoms with van der Waals surface area (Å²) < 4.78 is 32.7. The van der Waals surface area contributed by atoms with Gasteiger partial charge in [0.2, 0.25) is 11.8 Å². The highest BCUT2D eigenvalue weighted by atomic mass is 35.5. The van der Waals surface area contributed by atoms with Gasteiger partial charge < -0.3 is 30.4 Å². The van der Waals surface area contributed by atoms with Crippen LogP contribution < -0.4 is 20.4 Å². The SMILES string of the molecule is CC(C)[C@H](NC(=O)O)C(=O)N1CCC[C@H]1C(=O)Nc1ccc([C@H]2CC[C@H](c3ccc(Cl)c([N+](=O)[O-])c3)N2c2cc(F)c(N3CCC(c4ccccc4)CC3)c(F)c2)cc1[N+](=O)[O-]. The van der Waals surface area contributed by atoms with Gasteiger partial charge in [0.25, 0.3) is 11.4 Å². The van der Waals surface area contributed by atoms with Gasteiger partial charge in [-0.15, -0.1) is 0 Å². The van der Waals surface area contributed by atoms with E-state index in [-0.39, 0.29) is 46.7 Å². The highest BCUT2D eigenvalue weighted by Gasteiger charge is 2.41. The van der Waals surface area contributed by atoms with Crippen molar-refractivity contribution in [2.24, 2.45) is 5.92 Å². The van der Waals surface area contributed by atoms with Gasteiger partial charge >= 0.3 is 6.09 Å². The molecule has 0 aromatic heterocycles. The molecule has 15 nitrogen and oxygen atoms in total. The van der Waals surface area contributed by atoms with E-state index >= 15 is 8.78 Å². The fourth-order valence-electron chi connectivity index (χ4n) is 9.22. The van der Waals surface area contributed by atoms with E-state index in [0.29, 0.717) is 56.3 Å². The molecule has 3 N–H and O–H groups in total. The third kappa shape index (κ3) is 8.98. The number of carbonyl (C=O) groups excluding carboxylic acids is 2. The zero-order valence-corrected chi connectivity index (χ0v) is 34.8. The molecular weight excluding hydrogens is 828 g/mol. The molecule has 3 aliphatic heterocycles. The van der Waals surface area contributed by atoms with Crippen LogP contribution in [0.3, 0.4) is 0 Å². The number of nitrogens with one attached hydrogen (secondary N) is 2. The lowest BCUT2D eigenvalue weighted by molar-refractivity contribution is -0.384. The fourth-order valence-corrected chi connectivity index (χ4v) is 9.41. The van der Waals surface area contributed by atoms with Crippen molar-refractivity contribution in [3.8, 4) is 0 Å². The molecule has 62 heavy (non-hydrogen) atoms. The summed E-state index contributed by atoms with van der Waals surface area (Å²) in [5, 5.41) is 38.6. The summed E-state index contributed by atoms with van der Waals surface area (Å²) in [6.07, 6.45) is 1.37. The number of carboxylic acid groups (broad SMARTS) is 1. The third-order valence-electron chi connectivity index (χ3n) is 12.2. The Morgan fingerprint density at radius 3 is 1.97 bits per heavy atom. The lowest BCUT2D eigenvalue weighted by Gasteiger charge is -2.36. The van der Waals surface area contributed by atoms with E-state index in [9.17, 15) is 39.7 Å². The first kappa shape index (κ1) is 43.7. The topological polar surface area (TPSA) is 192 Å². The van der Waals surface area contributed by atoms with Crippen LogP contribution in [-0.2, 0) is 9.59 Å². The van der Waals surface area contributed by atoms with Crippen molar-refractivity contribution < 1.29 is 38.1 Å². The first-order chi connectivity index (χ1) is 29.6. The average molecular weight is 874 g/mol. The maximum Gasteiger partial charge on any atom is 0.405 e. The standard InChI is InChI=1S/C44H46ClF2N7O8/c1-25(2)40(49-44(57)58)43(56)51-18-6-9-37(51)42(55)48-34-13-11-29(22-39(34)54(61)62)36-15-14-35(28-10-12-31(45)38(21-28)53(59)60)52(36)30-23-32(46)41(33(47)24-30)50-19-16-27(17-20-50)26-7-4-3-5-8-26/h3-5,7-8,10-13,21-25,27,35-37,40,49H,6,9,14-20H2,1-2H3,(H,48,55)(H,57,58)/t35-,36-,37+,40+/m1/s1. The van der Waals surface area contributed by atoms with Crippen molar-refractivity contribution in [2.75, 3.05) is 34.8 Å². The van der Waals surface area contributed by atoms with Crippen LogP contribution in [-0.4, -0.2) is 69.5 Å². The lowest BCUT2D eigenvalue weighted by Crippen LogP contribution is -2.54. The van der Waals surface area contributed by atoms with Gasteiger partial charge in [-0.3, -0.25) is 29.8 Å². The van der Waals surface area contributed by atoms with E-state index in [0.717, 1.165) is 0 Å². The second-order valence-corrected chi connectivity index (χ2v) is 16.7. The van der Waals surface area contributed by atoms with Crippen LogP contribution in [0.2, 0.25) is 5.02 Å². The van der Waals surface area contributed by atoms with Crippen molar-refractivity contribution >= 4 is 57.9 Å². The summed E-state index contributed by atoms with van der Waals surface area (Å²) in [6, 6.07) is 17.4. The molecule has 3 fully saturated rings. The number of benzene rings is 4. The number of hydrogen-bond donors (Lipinski definition) is 3. The Hall–Kier alpha value is -6.36. The minimum absolute atomic E-state index is 0.0904. The Kier molecular flexibility index (Phi) is 12.9. The summed E-state index contributed by atoms with van der Waals surface area (Å²) in [5.74, 6) is -3.04. The summed E-state index contributed by atoms with van der Waals surface area (Å²) in [4.78, 5) is 66.4. The normalized spacial score (nSPS) is 19.7. The molecule has 3 heterocycles. The van der Waals surface area contributed by atoms with Crippen molar-refractivity contribution in [3.63, 3.8) is 0 Å². The average Bonchev–Trinajstić information content (AvgIpc) is 3.92. The first-order valence-electron chi connectivity index (χ1n) is 20.5. The maximum atomic E-state index is 16.3. The number of amides is 3. The molecule has 0 bridgehead atoms. The Balaban J connectivity index is 1.19. The van der Waals surface area contributed by atoms with Gasteiger partial charge in [-0.25, -0.2) is 13.6 Å². The van der Waals surface area contributed by atoms with Gasteiger partial charge in [0, 0.05) is 37.5 Å². The molecule has 3 saturated heterocycles. The number of piperidine rings is 1. The molecule has 3 aliphatic rings. The summed E-state index contributed by atoms with van der Waals surface area (Å²) in [7, 11) is 0. The number of nitrogens with zero attached hydrogens (tertiary/aromatic N) is 5. The monoisotopic (exact) mass is 873 g/mol. The Labute approximate surface area is 360 Å². The second kappa shape index (κ2) is 18.3. The summed E-state index contributed by atoms with van der Waals surface area (Å²) >= 11 is 6.16. The molecule has 0 spiro atoms. The molecule has 326 valence electrons. The zero-order chi connectivity index (χ0) is 44.4. The smallest absolute Gasteiger partial charge is 0.405 e. The van der Waals surface area contributed by atoms with Crippen molar-refractivity contribution in [1.82, 2.24) is 10.2 Å². The molecule has 4 atom stereocenters. The molecule has 3 amide bonds. The first-order valence-corrected chi connectivity index (χ1v) is 20.9. The quantitative estimate of drug-likeness (QED) is 0.0914. The van der Waals surface area contributed by atoms with E-state index < -0.39 is 75.2 Å². The fraction of sp³-hybridized carbons (Fsp3) is 0.386. The van der Waals surface area contributed by atoms with Crippen LogP contribution in [0.25, 0.3) is 0 Å². The number of likely N-dealkylation sites (tertiary alicyclic amines) is 1. The Morgan fingerprint density at radius 1 is 0.790 bits per heavy atom.